The van der Waals surface area contributed by atoms with Gasteiger partial charge in [0.1, 0.15) is 0 Å². The average Bonchev–Trinajstić information content (AvgIpc) is 1.95. The van der Waals surface area contributed by atoms with E-state index < -0.39 is 8.56 Å². The third-order valence-corrected chi connectivity index (χ3v) is 7.02. The summed E-state index contributed by atoms with van der Waals surface area (Å²) in [6, 6.07) is 2.20. The molecule has 0 heterocycles. The fourth-order valence-corrected chi connectivity index (χ4v) is 7.22. The molecule has 0 aliphatic heterocycles. The topological polar surface area (TPSA) is 18.5 Å². The summed E-state index contributed by atoms with van der Waals surface area (Å²) in [5.74, 6) is 1.27. The van der Waals surface area contributed by atoms with Gasteiger partial charge >= 0.3 is 8.56 Å². The molecule has 0 aliphatic carbocycles. The summed E-state index contributed by atoms with van der Waals surface area (Å²) in [4.78, 5) is 0. The van der Waals surface area contributed by atoms with Crippen molar-refractivity contribution in [2.45, 2.75) is 79.7 Å². The number of hydrogen-bond acceptors (Lipinski definition) is 2. The van der Waals surface area contributed by atoms with Crippen LogP contribution >= 0.6 is 0 Å². The van der Waals surface area contributed by atoms with Gasteiger partial charge in [0.15, 0.2) is 0 Å². The van der Waals surface area contributed by atoms with E-state index in [1.165, 1.54) is 0 Å². The normalized spacial score (nSPS) is 13.4. The van der Waals surface area contributed by atoms with Crippen LogP contribution in [0.15, 0.2) is 0 Å². The first kappa shape index (κ1) is 17.1. The van der Waals surface area contributed by atoms with Crippen molar-refractivity contribution in [2.24, 2.45) is 11.8 Å². The van der Waals surface area contributed by atoms with Crippen molar-refractivity contribution in [3.63, 3.8) is 0 Å². The first-order chi connectivity index (χ1) is 7.67. The Morgan fingerprint density at radius 3 is 1.12 bits per heavy atom. The third-order valence-electron chi connectivity index (χ3n) is 2.34. The average molecular weight is 260 g/mol. The zero-order valence-electron chi connectivity index (χ0n) is 13.0. The highest BCUT2D eigenvalue weighted by atomic mass is 28.4. The summed E-state index contributed by atoms with van der Waals surface area (Å²) in [5, 5.41) is 0. The van der Waals surface area contributed by atoms with Gasteiger partial charge in [0.25, 0.3) is 0 Å². The van der Waals surface area contributed by atoms with Crippen LogP contribution in [0, 0.1) is 11.8 Å². The first-order valence-electron chi connectivity index (χ1n) is 7.02. The van der Waals surface area contributed by atoms with Crippen LogP contribution in [0.5, 0.6) is 0 Å². The van der Waals surface area contributed by atoms with E-state index >= 15 is 0 Å². The molecule has 0 saturated heterocycles. The van der Waals surface area contributed by atoms with Crippen molar-refractivity contribution in [1.29, 1.82) is 0 Å². The van der Waals surface area contributed by atoms with Gasteiger partial charge in [-0.15, -0.1) is 0 Å². The molecule has 0 atom stereocenters. The fraction of sp³-hybridized carbons (Fsp3) is 1.00. The summed E-state index contributed by atoms with van der Waals surface area (Å²) in [5.41, 5.74) is 0. The van der Waals surface area contributed by atoms with E-state index in [2.05, 4.69) is 55.4 Å². The summed E-state index contributed by atoms with van der Waals surface area (Å²) < 4.78 is 12.6. The summed E-state index contributed by atoms with van der Waals surface area (Å²) in [7, 11) is -2.05. The first-order valence-corrected chi connectivity index (χ1v) is 9.25. The van der Waals surface area contributed by atoms with Crippen LogP contribution in [0.25, 0.3) is 0 Å². The van der Waals surface area contributed by atoms with Gasteiger partial charge in [0.2, 0.25) is 0 Å². The van der Waals surface area contributed by atoms with E-state index in [0.29, 0.717) is 11.8 Å². The predicted octanol–water partition coefficient (Wildman–Crippen LogP) is 4.59. The second-order valence-corrected chi connectivity index (χ2v) is 9.55. The largest absolute Gasteiger partial charge is 0.392 e. The maximum absolute atomic E-state index is 6.29. The Balaban J connectivity index is 4.89. The van der Waals surface area contributed by atoms with Crippen LogP contribution in [-0.4, -0.2) is 20.8 Å². The van der Waals surface area contributed by atoms with Crippen LogP contribution in [-0.2, 0) is 8.85 Å². The summed E-state index contributed by atoms with van der Waals surface area (Å²) in [6.45, 7) is 17.5. The van der Waals surface area contributed by atoms with Crippen molar-refractivity contribution >= 4 is 8.56 Å². The Morgan fingerprint density at radius 2 is 0.941 bits per heavy atom. The van der Waals surface area contributed by atoms with E-state index in [0.717, 1.165) is 12.1 Å². The minimum Gasteiger partial charge on any atom is -0.392 e. The molecule has 0 rings (SSSR count). The van der Waals surface area contributed by atoms with Gasteiger partial charge in [-0.05, 0) is 51.6 Å². The second kappa shape index (κ2) is 7.55. The number of hydrogen-bond donors (Lipinski definition) is 0. The second-order valence-electron chi connectivity index (χ2n) is 6.44. The van der Waals surface area contributed by atoms with Crippen LogP contribution in [0.4, 0.5) is 0 Å². The molecular weight excluding hydrogens is 228 g/mol. The van der Waals surface area contributed by atoms with E-state index in [4.69, 9.17) is 8.85 Å². The lowest BCUT2D eigenvalue weighted by atomic mass is 10.3. The molecule has 0 radical (unpaired) electrons. The molecule has 0 aromatic heterocycles. The molecule has 0 spiro atoms. The molecule has 0 bridgehead atoms. The molecule has 0 fully saturated rings. The highest BCUT2D eigenvalue weighted by Crippen LogP contribution is 2.30. The molecule has 0 unspecified atom stereocenters. The molecule has 17 heavy (non-hydrogen) atoms. The molecule has 0 saturated carbocycles. The Hall–Kier alpha value is 0.137. The van der Waals surface area contributed by atoms with E-state index in [-0.39, 0.29) is 12.2 Å². The molecular formula is C14H32O2Si. The zero-order chi connectivity index (χ0) is 13.6. The van der Waals surface area contributed by atoms with Gasteiger partial charge in [0, 0.05) is 12.2 Å². The minimum absolute atomic E-state index is 0.262. The Labute approximate surface area is 109 Å². The molecule has 0 aliphatic rings. The van der Waals surface area contributed by atoms with Crippen LogP contribution < -0.4 is 0 Å². The minimum atomic E-state index is -2.05. The van der Waals surface area contributed by atoms with Crippen molar-refractivity contribution in [1.82, 2.24) is 0 Å². The van der Waals surface area contributed by atoms with Crippen LogP contribution in [0.2, 0.25) is 12.1 Å². The van der Waals surface area contributed by atoms with Crippen molar-refractivity contribution in [3.8, 4) is 0 Å². The smallest absolute Gasteiger partial charge is 0.339 e. The van der Waals surface area contributed by atoms with Crippen LogP contribution in [0.3, 0.4) is 0 Å². The SMILES string of the molecule is CC(C)C[Si](CC(C)C)(OC(C)C)OC(C)C. The fourth-order valence-electron chi connectivity index (χ4n) is 2.41. The highest BCUT2D eigenvalue weighted by molar-refractivity contribution is 6.67. The molecule has 0 aromatic carbocycles. The van der Waals surface area contributed by atoms with Gasteiger partial charge in [-0.1, -0.05) is 27.7 Å². The van der Waals surface area contributed by atoms with Gasteiger partial charge in [-0.2, -0.15) is 0 Å². The Kier molecular flexibility index (Phi) is 7.61. The van der Waals surface area contributed by atoms with E-state index in [1.807, 2.05) is 0 Å². The maximum Gasteiger partial charge on any atom is 0.339 e. The standard InChI is InChI=1S/C14H32O2Si/c1-11(2)9-17(10-12(3)4,15-13(5)6)16-14(7)8/h11-14H,9-10H2,1-8H3. The van der Waals surface area contributed by atoms with Crippen molar-refractivity contribution in [2.75, 3.05) is 0 Å². The van der Waals surface area contributed by atoms with Crippen molar-refractivity contribution < 1.29 is 8.85 Å². The van der Waals surface area contributed by atoms with Gasteiger partial charge in [0.05, 0.1) is 0 Å². The lowest BCUT2D eigenvalue weighted by Crippen LogP contribution is -2.47. The molecule has 2 nitrogen and oxygen atoms in total. The van der Waals surface area contributed by atoms with Crippen molar-refractivity contribution in [3.05, 3.63) is 0 Å². The monoisotopic (exact) mass is 260 g/mol. The highest BCUT2D eigenvalue weighted by Gasteiger charge is 2.40. The van der Waals surface area contributed by atoms with Gasteiger partial charge < -0.3 is 8.85 Å². The Morgan fingerprint density at radius 1 is 0.647 bits per heavy atom. The summed E-state index contributed by atoms with van der Waals surface area (Å²) >= 11 is 0. The lowest BCUT2D eigenvalue weighted by Gasteiger charge is -2.36. The maximum atomic E-state index is 6.29. The summed E-state index contributed by atoms with van der Waals surface area (Å²) in [6.07, 6.45) is 0.524. The van der Waals surface area contributed by atoms with Crippen LogP contribution in [0.1, 0.15) is 55.4 Å². The molecule has 104 valence electrons. The lowest BCUT2D eigenvalue weighted by molar-refractivity contribution is 0.0991. The Bertz CT molecular complexity index is 155. The third kappa shape index (κ3) is 7.95. The van der Waals surface area contributed by atoms with Gasteiger partial charge in [-0.3, -0.25) is 0 Å². The molecule has 3 heteroatoms. The molecule has 0 amide bonds. The molecule has 0 N–H and O–H groups in total. The number of rotatable bonds is 8. The molecule has 0 aromatic rings. The predicted molar refractivity (Wildman–Crippen MR) is 77.5 cm³/mol. The quantitative estimate of drug-likeness (QED) is 0.594. The van der Waals surface area contributed by atoms with Gasteiger partial charge in [-0.25, -0.2) is 0 Å². The van der Waals surface area contributed by atoms with E-state index in [1.54, 1.807) is 0 Å². The zero-order valence-corrected chi connectivity index (χ0v) is 14.0. The van der Waals surface area contributed by atoms with E-state index in [9.17, 15) is 0 Å².